The molecule has 0 heteroatoms. The van der Waals surface area contributed by atoms with Crippen molar-refractivity contribution in [3.63, 3.8) is 0 Å². The highest BCUT2D eigenvalue weighted by Gasteiger charge is 2.38. The van der Waals surface area contributed by atoms with E-state index in [4.69, 9.17) is 0 Å². The molecule has 101 valence electrons. The lowest BCUT2D eigenvalue weighted by Gasteiger charge is -2.43. The summed E-state index contributed by atoms with van der Waals surface area (Å²) in [6.45, 7) is 7.11. The average molecular weight is 245 g/mol. The predicted octanol–water partition coefficient (Wildman–Crippen LogP) is 5.85. The van der Waals surface area contributed by atoms with Crippen LogP contribution in [0.3, 0.4) is 0 Å². The van der Waals surface area contributed by atoms with Gasteiger partial charge in [0.25, 0.3) is 0 Å². The Morgan fingerprint density at radius 3 is 2.67 bits per heavy atom. The van der Waals surface area contributed by atoms with Crippen molar-refractivity contribution in [2.45, 2.75) is 72.1 Å². The monoisotopic (exact) mass is 245 g/mol. The van der Waals surface area contributed by atoms with E-state index in [1.165, 1.54) is 51.4 Å². The van der Waals surface area contributed by atoms with E-state index in [2.05, 4.69) is 39.0 Å². The molecular formula is C18H29. The summed E-state index contributed by atoms with van der Waals surface area (Å²) in [6, 6.07) is 0. The number of allylic oxidation sites excluding steroid dienone is 4. The summed E-state index contributed by atoms with van der Waals surface area (Å²) in [6.07, 6.45) is 18.1. The van der Waals surface area contributed by atoms with E-state index in [-0.39, 0.29) is 0 Å². The molecule has 2 aliphatic rings. The highest BCUT2D eigenvalue weighted by molar-refractivity contribution is 5.36. The van der Waals surface area contributed by atoms with Gasteiger partial charge in [0.15, 0.2) is 0 Å². The summed E-state index contributed by atoms with van der Waals surface area (Å²) in [5, 5.41) is 0. The summed E-state index contributed by atoms with van der Waals surface area (Å²) in [7, 11) is 0. The second-order valence-corrected chi connectivity index (χ2v) is 6.43. The molecule has 2 rings (SSSR count). The second-order valence-electron chi connectivity index (χ2n) is 6.43. The number of hydrogen-bond acceptors (Lipinski definition) is 0. The van der Waals surface area contributed by atoms with E-state index in [1.807, 2.05) is 0 Å². The van der Waals surface area contributed by atoms with Crippen LogP contribution >= 0.6 is 0 Å². The number of rotatable bonds is 4. The fourth-order valence-corrected chi connectivity index (χ4v) is 3.93. The van der Waals surface area contributed by atoms with Crippen LogP contribution in [-0.4, -0.2) is 0 Å². The zero-order valence-electron chi connectivity index (χ0n) is 12.5. The summed E-state index contributed by atoms with van der Waals surface area (Å²) in [5.41, 5.74) is 2.25. The predicted molar refractivity (Wildman–Crippen MR) is 80.3 cm³/mol. The Labute approximate surface area is 114 Å². The Bertz CT molecular complexity index is 321. The average Bonchev–Trinajstić information content (AvgIpc) is 2.40. The van der Waals surface area contributed by atoms with Crippen molar-refractivity contribution in [2.75, 3.05) is 0 Å². The van der Waals surface area contributed by atoms with E-state index in [0.29, 0.717) is 5.41 Å². The lowest BCUT2D eigenvalue weighted by molar-refractivity contribution is 0.275. The summed E-state index contributed by atoms with van der Waals surface area (Å²) in [4.78, 5) is 0. The van der Waals surface area contributed by atoms with Crippen molar-refractivity contribution >= 4 is 0 Å². The fraction of sp³-hybridized carbons (Fsp3) is 0.722. The molecule has 1 atom stereocenters. The van der Waals surface area contributed by atoms with Crippen molar-refractivity contribution in [1.29, 1.82) is 0 Å². The summed E-state index contributed by atoms with van der Waals surface area (Å²) >= 11 is 0. The zero-order valence-corrected chi connectivity index (χ0v) is 12.5. The van der Waals surface area contributed by atoms with Gasteiger partial charge in [0.05, 0.1) is 0 Å². The first-order valence-electron chi connectivity index (χ1n) is 7.91. The van der Waals surface area contributed by atoms with Crippen LogP contribution < -0.4 is 0 Å². The van der Waals surface area contributed by atoms with Gasteiger partial charge in [-0.15, -0.1) is 0 Å². The van der Waals surface area contributed by atoms with Crippen LogP contribution in [0.1, 0.15) is 72.1 Å². The third-order valence-electron chi connectivity index (χ3n) is 4.81. The molecule has 0 aromatic heterocycles. The van der Waals surface area contributed by atoms with Crippen molar-refractivity contribution in [1.82, 2.24) is 0 Å². The molecule has 0 saturated carbocycles. The van der Waals surface area contributed by atoms with Gasteiger partial charge in [-0.25, -0.2) is 0 Å². The van der Waals surface area contributed by atoms with Crippen LogP contribution in [0.25, 0.3) is 0 Å². The highest BCUT2D eigenvalue weighted by Crippen LogP contribution is 2.51. The van der Waals surface area contributed by atoms with Gasteiger partial charge in [-0.3, -0.25) is 0 Å². The maximum Gasteiger partial charge on any atom is 0.00368 e. The standard InChI is InChI=1S/C18H29/c1-4-12-18(13-8-5-9-14-18)17-11-7-6-10-16(17)15(2)3/h5,8,11,15H,4,6-7,9-10,12-14H2,1-3H3. The molecule has 0 saturated heterocycles. The van der Waals surface area contributed by atoms with Crippen LogP contribution in [0, 0.1) is 17.3 Å². The Balaban J connectivity index is 2.28. The smallest absolute Gasteiger partial charge is 0.00368 e. The Hall–Kier alpha value is -0.520. The van der Waals surface area contributed by atoms with Gasteiger partial charge in [0.2, 0.25) is 0 Å². The minimum absolute atomic E-state index is 0.490. The molecule has 1 unspecified atom stereocenters. The van der Waals surface area contributed by atoms with Gasteiger partial charge < -0.3 is 0 Å². The van der Waals surface area contributed by atoms with E-state index >= 15 is 0 Å². The van der Waals surface area contributed by atoms with Crippen LogP contribution in [0.4, 0.5) is 0 Å². The molecule has 0 nitrogen and oxygen atoms in total. The molecular weight excluding hydrogens is 216 g/mol. The van der Waals surface area contributed by atoms with Crippen LogP contribution in [-0.2, 0) is 0 Å². The molecule has 0 aromatic carbocycles. The largest absolute Gasteiger partial charge is 0.0885 e. The quantitative estimate of drug-likeness (QED) is 0.545. The SMILES string of the molecule is CCCC1(C2=CCCC[C]2C(C)C)CC=CCC1. The van der Waals surface area contributed by atoms with E-state index in [1.54, 1.807) is 11.5 Å². The van der Waals surface area contributed by atoms with Crippen molar-refractivity contribution in [2.24, 2.45) is 11.3 Å². The van der Waals surface area contributed by atoms with E-state index < -0.39 is 0 Å². The minimum Gasteiger partial charge on any atom is -0.0885 e. The highest BCUT2D eigenvalue weighted by atomic mass is 14.4. The van der Waals surface area contributed by atoms with E-state index in [9.17, 15) is 0 Å². The second kappa shape index (κ2) is 6.08. The first-order chi connectivity index (χ1) is 8.69. The third kappa shape index (κ3) is 2.73. The fourth-order valence-electron chi connectivity index (χ4n) is 3.93. The Morgan fingerprint density at radius 1 is 1.22 bits per heavy atom. The van der Waals surface area contributed by atoms with Crippen molar-refractivity contribution in [3.8, 4) is 0 Å². The topological polar surface area (TPSA) is 0 Å². The van der Waals surface area contributed by atoms with Crippen molar-refractivity contribution in [3.05, 3.63) is 29.7 Å². The van der Waals surface area contributed by atoms with Gasteiger partial charge in [-0.1, -0.05) is 51.0 Å². The van der Waals surface area contributed by atoms with Crippen LogP contribution in [0.2, 0.25) is 0 Å². The van der Waals surface area contributed by atoms with E-state index in [0.717, 1.165) is 5.92 Å². The Morgan fingerprint density at radius 2 is 2.06 bits per heavy atom. The lowest BCUT2D eigenvalue weighted by Crippen LogP contribution is -2.31. The molecule has 0 aliphatic heterocycles. The molecule has 18 heavy (non-hydrogen) atoms. The summed E-state index contributed by atoms with van der Waals surface area (Å²) < 4.78 is 0. The van der Waals surface area contributed by atoms with Gasteiger partial charge >= 0.3 is 0 Å². The Kier molecular flexibility index (Phi) is 4.70. The first kappa shape index (κ1) is 13.9. The van der Waals surface area contributed by atoms with Crippen molar-refractivity contribution < 1.29 is 0 Å². The van der Waals surface area contributed by atoms with Gasteiger partial charge in [0.1, 0.15) is 0 Å². The third-order valence-corrected chi connectivity index (χ3v) is 4.81. The summed E-state index contributed by atoms with van der Waals surface area (Å²) in [5.74, 6) is 2.50. The lowest BCUT2D eigenvalue weighted by atomic mass is 9.61. The van der Waals surface area contributed by atoms with Crippen LogP contribution in [0.5, 0.6) is 0 Å². The molecule has 2 aliphatic carbocycles. The minimum atomic E-state index is 0.490. The number of hydrogen-bond donors (Lipinski definition) is 0. The molecule has 0 spiro atoms. The van der Waals surface area contributed by atoms with Gasteiger partial charge in [-0.05, 0) is 56.3 Å². The zero-order chi connectivity index (χ0) is 13.0. The normalized spacial score (nSPS) is 29.7. The molecule has 0 amide bonds. The molecule has 0 heterocycles. The van der Waals surface area contributed by atoms with Crippen LogP contribution in [0.15, 0.2) is 23.8 Å². The molecule has 0 fully saturated rings. The first-order valence-corrected chi connectivity index (χ1v) is 7.91. The van der Waals surface area contributed by atoms with Gasteiger partial charge in [0, 0.05) is 5.92 Å². The molecule has 0 aromatic rings. The maximum atomic E-state index is 2.59. The molecule has 0 N–H and O–H groups in total. The van der Waals surface area contributed by atoms with Gasteiger partial charge in [-0.2, -0.15) is 0 Å². The molecule has 0 bridgehead atoms. The molecule has 1 radical (unpaired) electrons. The maximum absolute atomic E-state index is 2.59.